The molecule has 0 atom stereocenters. The average molecular weight is 425 g/mol. The van der Waals surface area contributed by atoms with E-state index in [4.69, 9.17) is 4.74 Å². The molecule has 2 aromatic rings. The van der Waals surface area contributed by atoms with Crippen LogP contribution in [0.25, 0.3) is 5.57 Å². The zero-order valence-corrected chi connectivity index (χ0v) is 18.3. The summed E-state index contributed by atoms with van der Waals surface area (Å²) in [5.74, 6) is -1.15. The van der Waals surface area contributed by atoms with Gasteiger partial charge in [-0.25, -0.2) is 4.39 Å². The lowest BCUT2D eigenvalue weighted by Crippen LogP contribution is -2.34. The summed E-state index contributed by atoms with van der Waals surface area (Å²) in [5.41, 5.74) is 3.81. The van der Waals surface area contributed by atoms with E-state index in [2.05, 4.69) is 12.2 Å². The highest BCUT2D eigenvalue weighted by Crippen LogP contribution is 2.31. The lowest BCUT2D eigenvalue weighted by atomic mass is 10.0. The number of rotatable bonds is 10. The lowest BCUT2D eigenvalue weighted by molar-refractivity contribution is -0.137. The molecule has 5 nitrogen and oxygen atoms in total. The Kier molecular flexibility index (Phi) is 7.58. The predicted molar refractivity (Wildman–Crippen MR) is 120 cm³/mol. The molecule has 0 spiro atoms. The number of hydrogen-bond donors (Lipinski definition) is 1. The van der Waals surface area contributed by atoms with Gasteiger partial charge in [0.1, 0.15) is 11.5 Å². The van der Waals surface area contributed by atoms with Crippen LogP contribution in [0.1, 0.15) is 42.9 Å². The Morgan fingerprint density at radius 2 is 1.58 bits per heavy atom. The summed E-state index contributed by atoms with van der Waals surface area (Å²) < 4.78 is 19.0. The van der Waals surface area contributed by atoms with Crippen molar-refractivity contribution in [1.29, 1.82) is 0 Å². The number of imide groups is 1. The van der Waals surface area contributed by atoms with E-state index < -0.39 is 5.82 Å². The Labute approximate surface area is 182 Å². The summed E-state index contributed by atoms with van der Waals surface area (Å²) in [5, 5.41) is 3.16. The highest BCUT2D eigenvalue weighted by molar-refractivity contribution is 6.36. The molecule has 6 heteroatoms. The monoisotopic (exact) mass is 424 g/mol. The van der Waals surface area contributed by atoms with E-state index >= 15 is 0 Å². The van der Waals surface area contributed by atoms with Gasteiger partial charge in [0.15, 0.2) is 0 Å². The van der Waals surface area contributed by atoms with Crippen molar-refractivity contribution in [3.63, 3.8) is 0 Å². The van der Waals surface area contributed by atoms with Crippen LogP contribution < -0.4 is 5.32 Å². The summed E-state index contributed by atoms with van der Waals surface area (Å²) in [6.07, 6.45) is 2.61. The molecule has 0 bridgehead atoms. The minimum Gasteiger partial charge on any atom is -0.381 e. The molecule has 31 heavy (non-hydrogen) atoms. The number of nitrogens with one attached hydrogen (secondary N) is 1. The van der Waals surface area contributed by atoms with Crippen LogP contribution >= 0.6 is 0 Å². The Morgan fingerprint density at radius 3 is 2.23 bits per heavy atom. The van der Waals surface area contributed by atoms with E-state index in [1.165, 1.54) is 29.2 Å². The molecular formula is C25H29FN2O3. The summed E-state index contributed by atoms with van der Waals surface area (Å²) in [4.78, 5) is 27.6. The first-order valence-electron chi connectivity index (χ1n) is 10.7. The van der Waals surface area contributed by atoms with Crippen molar-refractivity contribution in [2.45, 2.75) is 40.0 Å². The van der Waals surface area contributed by atoms with Crippen molar-refractivity contribution in [1.82, 2.24) is 4.90 Å². The number of unbranched alkanes of at least 4 members (excludes halogenated alkanes) is 1. The summed E-state index contributed by atoms with van der Waals surface area (Å²) in [7, 11) is 0. The molecular weight excluding hydrogens is 395 g/mol. The maximum Gasteiger partial charge on any atom is 0.278 e. The molecule has 0 fully saturated rings. The molecule has 0 saturated heterocycles. The standard InChI is InChI=1S/C25H29FN2O3/c1-4-5-12-31-13-6-11-28-24(29)22(19-7-9-20(26)10-8-19)23(25(28)30)27-21-15-17(2)14-18(3)16-21/h7-10,14-16,27H,4-6,11-13H2,1-3H3. The third-order valence-electron chi connectivity index (χ3n) is 5.10. The number of aryl methyl sites for hydroxylation is 2. The van der Waals surface area contributed by atoms with E-state index in [0.29, 0.717) is 25.2 Å². The van der Waals surface area contributed by atoms with Crippen LogP contribution in [-0.2, 0) is 14.3 Å². The average Bonchev–Trinajstić information content (AvgIpc) is 2.94. The quantitative estimate of drug-likeness (QED) is 0.438. The van der Waals surface area contributed by atoms with Crippen molar-refractivity contribution < 1.29 is 18.7 Å². The first-order chi connectivity index (χ1) is 14.9. The van der Waals surface area contributed by atoms with Gasteiger partial charge in [0.25, 0.3) is 11.8 Å². The van der Waals surface area contributed by atoms with E-state index in [1.54, 1.807) is 0 Å². The molecule has 2 aromatic carbocycles. The summed E-state index contributed by atoms with van der Waals surface area (Å²) >= 11 is 0. The van der Waals surface area contributed by atoms with Crippen molar-refractivity contribution in [3.05, 3.63) is 70.7 Å². The first-order valence-corrected chi connectivity index (χ1v) is 10.7. The smallest absolute Gasteiger partial charge is 0.278 e. The summed E-state index contributed by atoms with van der Waals surface area (Å²) in [6.45, 7) is 7.48. The molecule has 1 aliphatic rings. The van der Waals surface area contributed by atoms with E-state index in [-0.39, 0.29) is 29.6 Å². The Bertz CT molecular complexity index is 963. The third kappa shape index (κ3) is 5.58. The normalized spacial score (nSPS) is 14.0. The summed E-state index contributed by atoms with van der Waals surface area (Å²) in [6, 6.07) is 11.5. The number of nitrogens with zero attached hydrogens (tertiary/aromatic N) is 1. The number of carbonyl (C=O) groups is 2. The van der Waals surface area contributed by atoms with Gasteiger partial charge >= 0.3 is 0 Å². The molecule has 164 valence electrons. The number of benzene rings is 2. The van der Waals surface area contributed by atoms with Crippen molar-refractivity contribution in [2.75, 3.05) is 25.1 Å². The van der Waals surface area contributed by atoms with Gasteiger partial charge in [-0.1, -0.05) is 31.5 Å². The second-order valence-corrected chi connectivity index (χ2v) is 7.84. The van der Waals surface area contributed by atoms with Gasteiger partial charge in [-0.15, -0.1) is 0 Å². The van der Waals surface area contributed by atoms with Gasteiger partial charge in [-0.2, -0.15) is 0 Å². The molecule has 2 amide bonds. The highest BCUT2D eigenvalue weighted by atomic mass is 19.1. The van der Waals surface area contributed by atoms with Gasteiger partial charge in [0.05, 0.1) is 5.57 Å². The van der Waals surface area contributed by atoms with Crippen LogP contribution in [0.3, 0.4) is 0 Å². The third-order valence-corrected chi connectivity index (χ3v) is 5.10. The SMILES string of the molecule is CCCCOCCCN1C(=O)C(Nc2cc(C)cc(C)c2)=C(c2ccc(F)cc2)C1=O. The maximum atomic E-state index is 13.4. The molecule has 1 aliphatic heterocycles. The molecule has 0 radical (unpaired) electrons. The van der Waals surface area contributed by atoms with Gasteiger partial charge in [0.2, 0.25) is 0 Å². The highest BCUT2D eigenvalue weighted by Gasteiger charge is 2.38. The van der Waals surface area contributed by atoms with Crippen molar-refractivity contribution >= 4 is 23.1 Å². The first kappa shape index (κ1) is 22.7. The van der Waals surface area contributed by atoms with Crippen molar-refractivity contribution in [2.24, 2.45) is 0 Å². The topological polar surface area (TPSA) is 58.6 Å². The number of ether oxygens (including phenoxy) is 1. The molecule has 3 rings (SSSR count). The molecule has 0 aromatic heterocycles. The number of amides is 2. The zero-order valence-electron chi connectivity index (χ0n) is 18.3. The van der Waals surface area contributed by atoms with E-state index in [9.17, 15) is 14.0 Å². The zero-order chi connectivity index (χ0) is 22.4. The Balaban J connectivity index is 1.85. The van der Waals surface area contributed by atoms with Gasteiger partial charge < -0.3 is 10.1 Å². The van der Waals surface area contributed by atoms with Gasteiger partial charge in [-0.05, 0) is 67.6 Å². The fourth-order valence-electron chi connectivity index (χ4n) is 3.64. The van der Waals surface area contributed by atoms with Crippen LogP contribution in [0, 0.1) is 19.7 Å². The second kappa shape index (κ2) is 10.4. The number of anilines is 1. The number of halogens is 1. The molecule has 0 saturated carbocycles. The van der Waals surface area contributed by atoms with E-state index in [0.717, 1.165) is 29.7 Å². The largest absolute Gasteiger partial charge is 0.381 e. The minimum atomic E-state index is -0.397. The van der Waals surface area contributed by atoms with Crippen LogP contribution in [0.15, 0.2) is 48.2 Å². The fourth-order valence-corrected chi connectivity index (χ4v) is 3.64. The molecule has 0 unspecified atom stereocenters. The predicted octanol–water partition coefficient (Wildman–Crippen LogP) is 4.84. The van der Waals surface area contributed by atoms with Crippen molar-refractivity contribution in [3.8, 4) is 0 Å². The van der Waals surface area contributed by atoms with Gasteiger partial charge in [-0.3, -0.25) is 14.5 Å². The molecule has 1 N–H and O–H groups in total. The lowest BCUT2D eigenvalue weighted by Gasteiger charge is -2.15. The Hall–Kier alpha value is -2.99. The number of carbonyl (C=O) groups excluding carboxylic acids is 2. The van der Waals surface area contributed by atoms with Crippen LogP contribution in [0.5, 0.6) is 0 Å². The van der Waals surface area contributed by atoms with Gasteiger partial charge in [0, 0.05) is 25.4 Å². The van der Waals surface area contributed by atoms with Crippen LogP contribution in [0.2, 0.25) is 0 Å². The van der Waals surface area contributed by atoms with Crippen LogP contribution in [-0.4, -0.2) is 36.5 Å². The Morgan fingerprint density at radius 1 is 0.935 bits per heavy atom. The fraction of sp³-hybridized carbons (Fsp3) is 0.360. The minimum absolute atomic E-state index is 0.216. The van der Waals surface area contributed by atoms with E-state index in [1.807, 2.05) is 32.0 Å². The van der Waals surface area contributed by atoms with Crippen LogP contribution in [0.4, 0.5) is 10.1 Å². The second-order valence-electron chi connectivity index (χ2n) is 7.84. The molecule has 0 aliphatic carbocycles. The molecule has 1 heterocycles. The number of hydrogen-bond acceptors (Lipinski definition) is 4. The maximum absolute atomic E-state index is 13.4.